The van der Waals surface area contributed by atoms with Crippen LogP contribution in [0.1, 0.15) is 49.0 Å². The number of alkyl halides is 1. The van der Waals surface area contributed by atoms with Crippen LogP contribution in [0.4, 0.5) is 10.1 Å². The number of aromatic nitrogens is 1. The fraction of sp³-hybridized carbons (Fsp3) is 0.517. The molecule has 34 heavy (non-hydrogen) atoms. The fourth-order valence-electron chi connectivity index (χ4n) is 7.49. The van der Waals surface area contributed by atoms with Crippen molar-refractivity contribution in [2.45, 2.75) is 56.8 Å². The van der Waals surface area contributed by atoms with Crippen molar-refractivity contribution in [3.63, 3.8) is 0 Å². The first-order chi connectivity index (χ1) is 16.7. The van der Waals surface area contributed by atoms with Crippen LogP contribution in [-0.4, -0.2) is 59.2 Å². The van der Waals surface area contributed by atoms with Crippen molar-refractivity contribution in [1.82, 2.24) is 14.8 Å². The number of aromatic amines is 1. The number of anilines is 1. The average molecular weight is 459 g/mol. The van der Waals surface area contributed by atoms with Gasteiger partial charge in [-0.3, -0.25) is 9.80 Å². The molecular weight excluding hydrogens is 423 g/mol. The molecule has 2 aliphatic heterocycles. The standard InChI is InChI=1S/C29H35FN4/c1-18-12-25-24-4-2-3-5-26(24)32-28(25)29(34(18)27-15-19-13-21(27)14-19)20-6-8-22(9-7-20)31-23-16-33(17-23)11-10-30/h2-9,18-19,21,23,27,29,31-32H,10-17H2,1H3/t18-,19?,21?,27-,29-/m1/s1. The van der Waals surface area contributed by atoms with E-state index >= 15 is 0 Å². The van der Waals surface area contributed by atoms with Crippen LogP contribution >= 0.6 is 0 Å². The number of hydrogen-bond acceptors (Lipinski definition) is 3. The summed E-state index contributed by atoms with van der Waals surface area (Å²) in [6, 6.07) is 20.0. The normalized spacial score (nSPS) is 31.3. The zero-order valence-electron chi connectivity index (χ0n) is 20.0. The van der Waals surface area contributed by atoms with Crippen molar-refractivity contribution in [2.75, 3.05) is 31.6 Å². The molecule has 0 unspecified atom stereocenters. The SMILES string of the molecule is C[C@@H]1Cc2c([nH]c3ccccc23)[C@@H](c2ccc(NC3CN(CCF)C3)cc2)N1[C@@H]1CC2CC1C2. The van der Waals surface area contributed by atoms with Crippen LogP contribution < -0.4 is 5.32 Å². The van der Waals surface area contributed by atoms with E-state index in [1.165, 1.54) is 52.7 Å². The predicted octanol–water partition coefficient (Wildman–Crippen LogP) is 5.37. The molecule has 4 nitrogen and oxygen atoms in total. The van der Waals surface area contributed by atoms with Gasteiger partial charge in [-0.25, -0.2) is 4.39 Å². The van der Waals surface area contributed by atoms with Crippen molar-refractivity contribution >= 4 is 16.6 Å². The fourth-order valence-corrected chi connectivity index (χ4v) is 7.49. The smallest absolute Gasteiger partial charge is 0.102 e. The van der Waals surface area contributed by atoms with Gasteiger partial charge in [-0.15, -0.1) is 0 Å². The van der Waals surface area contributed by atoms with E-state index in [0.717, 1.165) is 31.3 Å². The minimum absolute atomic E-state index is 0.254. The molecule has 2 N–H and O–H groups in total. The molecule has 178 valence electrons. The summed E-state index contributed by atoms with van der Waals surface area (Å²) in [5, 5.41) is 5.04. The van der Waals surface area contributed by atoms with Gasteiger partial charge in [-0.1, -0.05) is 30.3 Å². The lowest BCUT2D eigenvalue weighted by atomic mass is 9.82. The van der Waals surface area contributed by atoms with Gasteiger partial charge < -0.3 is 10.3 Å². The Hall–Kier alpha value is -2.37. The summed E-state index contributed by atoms with van der Waals surface area (Å²) in [7, 11) is 0. The molecule has 0 amide bonds. The quantitative estimate of drug-likeness (QED) is 0.521. The summed E-state index contributed by atoms with van der Waals surface area (Å²) in [4.78, 5) is 8.89. The predicted molar refractivity (Wildman–Crippen MR) is 136 cm³/mol. The third kappa shape index (κ3) is 3.31. The molecule has 3 aliphatic carbocycles. The molecule has 4 fully saturated rings. The molecule has 5 aliphatic rings. The number of nitrogens with one attached hydrogen (secondary N) is 2. The molecule has 2 aromatic carbocycles. The van der Waals surface area contributed by atoms with E-state index in [4.69, 9.17) is 0 Å². The molecule has 0 spiro atoms. The second-order valence-electron chi connectivity index (χ2n) is 11.3. The monoisotopic (exact) mass is 458 g/mol. The van der Waals surface area contributed by atoms with E-state index in [9.17, 15) is 4.39 Å². The number of fused-ring (bicyclic) bond motifs is 4. The van der Waals surface area contributed by atoms with Crippen molar-refractivity contribution in [3.05, 3.63) is 65.4 Å². The largest absolute Gasteiger partial charge is 0.380 e. The highest BCUT2D eigenvalue weighted by Gasteiger charge is 2.51. The Morgan fingerprint density at radius 1 is 1.03 bits per heavy atom. The molecule has 2 bridgehead atoms. The van der Waals surface area contributed by atoms with Gasteiger partial charge in [0.05, 0.1) is 12.1 Å². The molecule has 3 heterocycles. The summed E-state index contributed by atoms with van der Waals surface area (Å²) in [6.07, 6.45) is 5.37. The second-order valence-corrected chi connectivity index (χ2v) is 11.3. The Morgan fingerprint density at radius 2 is 1.82 bits per heavy atom. The zero-order chi connectivity index (χ0) is 22.8. The van der Waals surface area contributed by atoms with E-state index in [1.807, 2.05) is 0 Å². The molecular formula is C29H35FN4. The number of para-hydroxylation sites is 1. The lowest BCUT2D eigenvalue weighted by Gasteiger charge is -2.46. The lowest BCUT2D eigenvalue weighted by molar-refractivity contribution is 0.0712. The van der Waals surface area contributed by atoms with Crippen molar-refractivity contribution in [2.24, 2.45) is 11.8 Å². The zero-order valence-corrected chi connectivity index (χ0v) is 20.0. The maximum absolute atomic E-state index is 12.5. The van der Waals surface area contributed by atoms with Crippen molar-refractivity contribution < 1.29 is 4.39 Å². The summed E-state index contributed by atoms with van der Waals surface area (Å²) in [5.74, 6) is 1.84. The van der Waals surface area contributed by atoms with Gasteiger partial charge in [-0.05, 0) is 73.8 Å². The number of benzene rings is 2. The molecule has 0 radical (unpaired) electrons. The van der Waals surface area contributed by atoms with Gasteiger partial charge >= 0.3 is 0 Å². The van der Waals surface area contributed by atoms with Gasteiger partial charge in [0, 0.05) is 54.0 Å². The Labute approximate surface area is 201 Å². The van der Waals surface area contributed by atoms with Crippen LogP contribution in [0.5, 0.6) is 0 Å². The third-order valence-corrected chi connectivity index (χ3v) is 9.16. The highest BCUT2D eigenvalue weighted by atomic mass is 19.1. The molecule has 3 atom stereocenters. The van der Waals surface area contributed by atoms with Crippen LogP contribution in [0.15, 0.2) is 48.5 Å². The van der Waals surface area contributed by atoms with Crippen LogP contribution in [0.3, 0.4) is 0 Å². The highest BCUT2D eigenvalue weighted by Crippen LogP contribution is 2.54. The minimum atomic E-state index is -0.254. The summed E-state index contributed by atoms with van der Waals surface area (Å²) < 4.78 is 12.5. The first kappa shape index (κ1) is 21.0. The Bertz CT molecular complexity index is 1170. The van der Waals surface area contributed by atoms with Gasteiger partial charge in [-0.2, -0.15) is 0 Å². The van der Waals surface area contributed by atoms with E-state index in [2.05, 4.69) is 75.6 Å². The van der Waals surface area contributed by atoms with Gasteiger partial charge in [0.25, 0.3) is 0 Å². The second kappa shape index (κ2) is 8.10. The summed E-state index contributed by atoms with van der Waals surface area (Å²) in [5.41, 5.74) is 6.75. The number of rotatable bonds is 6. The Kier molecular flexibility index (Phi) is 4.99. The first-order valence-electron chi connectivity index (χ1n) is 13.2. The summed E-state index contributed by atoms with van der Waals surface area (Å²) in [6.45, 7) is 4.62. The average Bonchev–Trinajstić information content (AvgIpc) is 3.50. The molecule has 1 saturated heterocycles. The van der Waals surface area contributed by atoms with E-state index < -0.39 is 0 Å². The van der Waals surface area contributed by atoms with Crippen LogP contribution in [-0.2, 0) is 6.42 Å². The van der Waals surface area contributed by atoms with Crippen LogP contribution in [0.25, 0.3) is 10.9 Å². The molecule has 3 aromatic rings. The topological polar surface area (TPSA) is 34.3 Å². The Balaban J connectivity index is 1.21. The number of H-pyrrole nitrogens is 1. The highest BCUT2D eigenvalue weighted by molar-refractivity contribution is 5.85. The van der Waals surface area contributed by atoms with Gasteiger partial charge in [0.2, 0.25) is 0 Å². The maximum Gasteiger partial charge on any atom is 0.102 e. The van der Waals surface area contributed by atoms with E-state index in [0.29, 0.717) is 24.7 Å². The number of likely N-dealkylation sites (tertiary alicyclic amines) is 1. The van der Waals surface area contributed by atoms with Crippen molar-refractivity contribution in [3.8, 4) is 0 Å². The van der Waals surface area contributed by atoms with Crippen LogP contribution in [0.2, 0.25) is 0 Å². The minimum Gasteiger partial charge on any atom is -0.380 e. The Morgan fingerprint density at radius 3 is 2.56 bits per heavy atom. The number of nitrogens with zero attached hydrogens (tertiary/aromatic N) is 2. The van der Waals surface area contributed by atoms with E-state index in [-0.39, 0.29) is 12.7 Å². The van der Waals surface area contributed by atoms with E-state index in [1.54, 1.807) is 0 Å². The molecule has 5 heteroatoms. The first-order valence-corrected chi connectivity index (χ1v) is 13.2. The maximum atomic E-state index is 12.5. The third-order valence-electron chi connectivity index (χ3n) is 9.16. The van der Waals surface area contributed by atoms with Crippen LogP contribution in [0, 0.1) is 11.8 Å². The summed E-state index contributed by atoms with van der Waals surface area (Å²) >= 11 is 0. The van der Waals surface area contributed by atoms with Gasteiger partial charge in [0.1, 0.15) is 6.67 Å². The van der Waals surface area contributed by atoms with Crippen molar-refractivity contribution in [1.29, 1.82) is 0 Å². The molecule has 1 aromatic heterocycles. The molecule has 8 rings (SSSR count). The lowest BCUT2D eigenvalue weighted by Crippen LogP contribution is -2.55. The van der Waals surface area contributed by atoms with Gasteiger partial charge in [0.15, 0.2) is 0 Å². The number of hydrogen-bond donors (Lipinski definition) is 2. The number of halogens is 1. The molecule has 3 saturated carbocycles.